The van der Waals surface area contributed by atoms with Crippen LogP contribution in [0.1, 0.15) is 63.8 Å². The molecule has 2 rings (SSSR count). The van der Waals surface area contributed by atoms with Crippen LogP contribution in [0.25, 0.3) is 0 Å². The Morgan fingerprint density at radius 3 is 2.45 bits per heavy atom. The number of methoxy groups -OCH3 is 1. The quantitative estimate of drug-likeness (QED) is 0.921. The van der Waals surface area contributed by atoms with Crippen molar-refractivity contribution >= 4 is 5.97 Å². The maximum absolute atomic E-state index is 11.2. The lowest BCUT2D eigenvalue weighted by Crippen LogP contribution is -2.16. The molecule has 0 unspecified atom stereocenters. The van der Waals surface area contributed by atoms with Crippen LogP contribution in [0.4, 0.5) is 0 Å². The minimum atomic E-state index is -0.847. The first-order valence-electron chi connectivity index (χ1n) is 7.22. The number of hydrogen-bond donors (Lipinski definition) is 1. The van der Waals surface area contributed by atoms with E-state index in [0.717, 1.165) is 24.1 Å². The van der Waals surface area contributed by atoms with Gasteiger partial charge in [-0.25, -0.2) is 4.68 Å². The molecule has 0 aliphatic heterocycles. The van der Waals surface area contributed by atoms with Gasteiger partial charge in [-0.1, -0.05) is 33.6 Å². The van der Waals surface area contributed by atoms with Gasteiger partial charge in [-0.2, -0.15) is 5.10 Å². The molecule has 0 amide bonds. The number of aliphatic carboxylic acids is 1. The maximum atomic E-state index is 11.2. The van der Waals surface area contributed by atoms with E-state index in [1.807, 2.05) is 4.68 Å². The molecule has 5 heteroatoms. The van der Waals surface area contributed by atoms with Crippen LogP contribution in [0.2, 0.25) is 0 Å². The molecule has 1 saturated carbocycles. The van der Waals surface area contributed by atoms with Crippen LogP contribution in [0.5, 0.6) is 5.88 Å². The normalized spacial score (nSPS) is 16.6. The molecule has 1 aromatic rings. The van der Waals surface area contributed by atoms with Crippen molar-refractivity contribution in [3.05, 3.63) is 11.3 Å². The summed E-state index contributed by atoms with van der Waals surface area (Å²) >= 11 is 0. The van der Waals surface area contributed by atoms with E-state index < -0.39 is 5.97 Å². The molecule has 1 heterocycles. The standard InChI is InChI=1S/C15H24N2O3/c1-15(2,3)13-11(9-12(18)19)14(20-4)17(16-13)10-7-5-6-8-10/h10H,5-9H2,1-4H3,(H,18,19). The number of ether oxygens (including phenoxy) is 1. The maximum Gasteiger partial charge on any atom is 0.308 e. The van der Waals surface area contributed by atoms with Gasteiger partial charge >= 0.3 is 5.97 Å². The van der Waals surface area contributed by atoms with Crippen LogP contribution in [-0.4, -0.2) is 28.0 Å². The zero-order chi connectivity index (χ0) is 14.9. The molecule has 1 N–H and O–H groups in total. The Kier molecular flexibility index (Phi) is 4.06. The average molecular weight is 280 g/mol. The second-order valence-electron chi connectivity index (χ2n) is 6.54. The molecule has 0 saturated heterocycles. The van der Waals surface area contributed by atoms with E-state index >= 15 is 0 Å². The van der Waals surface area contributed by atoms with Crippen LogP contribution >= 0.6 is 0 Å². The van der Waals surface area contributed by atoms with Crippen LogP contribution in [0, 0.1) is 0 Å². The molecule has 0 spiro atoms. The molecule has 1 aromatic heterocycles. The average Bonchev–Trinajstić information content (AvgIpc) is 2.93. The Bertz CT molecular complexity index is 494. The van der Waals surface area contributed by atoms with Gasteiger partial charge in [0, 0.05) is 11.0 Å². The van der Waals surface area contributed by atoms with Gasteiger partial charge in [0.05, 0.1) is 25.3 Å². The van der Waals surface area contributed by atoms with Gasteiger partial charge in [0.15, 0.2) is 0 Å². The minimum Gasteiger partial charge on any atom is -0.481 e. The first kappa shape index (κ1) is 14.9. The monoisotopic (exact) mass is 280 g/mol. The van der Waals surface area contributed by atoms with E-state index in [4.69, 9.17) is 14.9 Å². The van der Waals surface area contributed by atoms with E-state index in [9.17, 15) is 4.79 Å². The smallest absolute Gasteiger partial charge is 0.308 e. The summed E-state index contributed by atoms with van der Waals surface area (Å²) in [6.45, 7) is 6.16. The fraction of sp³-hybridized carbons (Fsp3) is 0.733. The molecule has 1 aliphatic rings. The van der Waals surface area contributed by atoms with Gasteiger partial charge in [0.1, 0.15) is 0 Å². The second-order valence-corrected chi connectivity index (χ2v) is 6.54. The topological polar surface area (TPSA) is 64.3 Å². The van der Waals surface area contributed by atoms with Crippen LogP contribution in [0.3, 0.4) is 0 Å². The molecule has 0 aromatic carbocycles. The lowest BCUT2D eigenvalue weighted by atomic mass is 9.88. The third kappa shape index (κ3) is 2.81. The third-order valence-corrected chi connectivity index (χ3v) is 3.86. The van der Waals surface area contributed by atoms with Crippen molar-refractivity contribution in [2.45, 2.75) is 64.3 Å². The number of carboxylic acids is 1. The highest BCUT2D eigenvalue weighted by Gasteiger charge is 2.31. The number of rotatable bonds is 4. The lowest BCUT2D eigenvalue weighted by Gasteiger charge is -2.17. The molecule has 20 heavy (non-hydrogen) atoms. The van der Waals surface area contributed by atoms with Crippen molar-refractivity contribution in [1.82, 2.24) is 9.78 Å². The van der Waals surface area contributed by atoms with Crippen LogP contribution < -0.4 is 4.74 Å². The van der Waals surface area contributed by atoms with Crippen LogP contribution in [-0.2, 0) is 16.6 Å². The second kappa shape index (κ2) is 5.46. The predicted molar refractivity (Wildman–Crippen MR) is 76.3 cm³/mol. The molecule has 5 nitrogen and oxygen atoms in total. The van der Waals surface area contributed by atoms with Crippen molar-refractivity contribution in [1.29, 1.82) is 0 Å². The third-order valence-electron chi connectivity index (χ3n) is 3.86. The summed E-state index contributed by atoms with van der Waals surface area (Å²) in [6.07, 6.45) is 4.55. The summed E-state index contributed by atoms with van der Waals surface area (Å²) in [6, 6.07) is 0.341. The fourth-order valence-corrected chi connectivity index (χ4v) is 2.98. The number of carbonyl (C=O) groups is 1. The number of aromatic nitrogens is 2. The predicted octanol–water partition coefficient (Wildman–Crippen LogP) is 2.93. The molecule has 0 atom stereocenters. The molecule has 0 radical (unpaired) electrons. The molecular formula is C15H24N2O3. The van der Waals surface area contributed by atoms with Crippen molar-refractivity contribution in [3.8, 4) is 5.88 Å². The molecule has 1 fully saturated rings. The van der Waals surface area contributed by atoms with Gasteiger partial charge in [0.25, 0.3) is 0 Å². The van der Waals surface area contributed by atoms with E-state index in [-0.39, 0.29) is 11.8 Å². The summed E-state index contributed by atoms with van der Waals surface area (Å²) in [5, 5.41) is 13.9. The molecule has 0 bridgehead atoms. The highest BCUT2D eigenvalue weighted by molar-refractivity contribution is 5.71. The first-order valence-corrected chi connectivity index (χ1v) is 7.22. The summed E-state index contributed by atoms with van der Waals surface area (Å²) in [4.78, 5) is 11.2. The van der Waals surface area contributed by atoms with Gasteiger partial charge in [-0.3, -0.25) is 4.79 Å². The summed E-state index contributed by atoms with van der Waals surface area (Å²) in [7, 11) is 1.60. The summed E-state index contributed by atoms with van der Waals surface area (Å²) in [5.41, 5.74) is 1.37. The fourth-order valence-electron chi connectivity index (χ4n) is 2.98. The number of carboxylic acid groups (broad SMARTS) is 1. The SMILES string of the molecule is COc1c(CC(=O)O)c(C(C)(C)C)nn1C1CCCC1. The highest BCUT2D eigenvalue weighted by Crippen LogP contribution is 2.38. The van der Waals surface area contributed by atoms with Gasteiger partial charge < -0.3 is 9.84 Å². The molecule has 112 valence electrons. The van der Waals surface area contributed by atoms with Crippen LogP contribution in [0.15, 0.2) is 0 Å². The van der Waals surface area contributed by atoms with Gasteiger partial charge in [-0.15, -0.1) is 0 Å². The Labute approximate surface area is 119 Å². The van der Waals surface area contributed by atoms with Crippen molar-refractivity contribution < 1.29 is 14.6 Å². The first-order chi connectivity index (χ1) is 9.34. The van der Waals surface area contributed by atoms with Crippen molar-refractivity contribution in [2.24, 2.45) is 0 Å². The zero-order valence-electron chi connectivity index (χ0n) is 12.8. The van der Waals surface area contributed by atoms with E-state index in [2.05, 4.69) is 20.8 Å². The largest absolute Gasteiger partial charge is 0.481 e. The summed E-state index contributed by atoms with van der Waals surface area (Å²) < 4.78 is 7.43. The number of nitrogens with zero attached hydrogens (tertiary/aromatic N) is 2. The molecular weight excluding hydrogens is 256 g/mol. The Hall–Kier alpha value is -1.52. The lowest BCUT2D eigenvalue weighted by molar-refractivity contribution is -0.136. The van der Waals surface area contributed by atoms with E-state index in [0.29, 0.717) is 11.9 Å². The zero-order valence-corrected chi connectivity index (χ0v) is 12.8. The Morgan fingerprint density at radius 1 is 1.40 bits per heavy atom. The van der Waals surface area contributed by atoms with Crippen molar-refractivity contribution in [2.75, 3.05) is 7.11 Å². The van der Waals surface area contributed by atoms with Gasteiger partial charge in [-0.05, 0) is 12.8 Å². The minimum absolute atomic E-state index is 0.0392. The Morgan fingerprint density at radius 2 is 2.00 bits per heavy atom. The van der Waals surface area contributed by atoms with E-state index in [1.54, 1.807) is 7.11 Å². The number of hydrogen-bond acceptors (Lipinski definition) is 3. The highest BCUT2D eigenvalue weighted by atomic mass is 16.5. The molecule has 1 aliphatic carbocycles. The van der Waals surface area contributed by atoms with E-state index in [1.165, 1.54) is 12.8 Å². The van der Waals surface area contributed by atoms with Crippen molar-refractivity contribution in [3.63, 3.8) is 0 Å². The summed E-state index contributed by atoms with van der Waals surface area (Å²) in [5.74, 6) is -0.219. The Balaban J connectivity index is 2.52. The van der Waals surface area contributed by atoms with Gasteiger partial charge in [0.2, 0.25) is 5.88 Å².